The number of benzene rings is 3. The molecule has 17 heteroatoms. The fourth-order valence-electron chi connectivity index (χ4n) is 4.21. The van der Waals surface area contributed by atoms with Crippen molar-refractivity contribution in [3.8, 4) is 0 Å². The number of rotatable bonds is 6. The lowest BCUT2D eigenvalue weighted by atomic mass is 9.92. The van der Waals surface area contributed by atoms with Crippen molar-refractivity contribution in [2.75, 3.05) is 10.2 Å². The Hall–Kier alpha value is -4.57. The molecule has 45 heavy (non-hydrogen) atoms. The number of imide groups is 1. The van der Waals surface area contributed by atoms with E-state index in [-0.39, 0.29) is 17.7 Å². The summed E-state index contributed by atoms with van der Waals surface area (Å²) in [5.41, 5.74) is -14.7. The maximum Gasteiger partial charge on any atom is 0.435 e. The van der Waals surface area contributed by atoms with Gasteiger partial charge in [-0.3, -0.25) is 14.4 Å². The van der Waals surface area contributed by atoms with E-state index in [0.717, 1.165) is 36.4 Å². The maximum atomic E-state index is 15.7. The van der Waals surface area contributed by atoms with Crippen LogP contribution >= 0.6 is 0 Å². The van der Waals surface area contributed by atoms with Crippen LogP contribution in [0.5, 0.6) is 0 Å². The molecule has 240 valence electrons. The first-order chi connectivity index (χ1) is 20.7. The SMILES string of the molecule is O=C(Nc1ccc(C(F)(C(F)(F)F)C(F)(F)F)cc1C(F)(F)F)c1cccc(N(C(=O)c2ccc(F)cc2)C(=O)C2CC2)c1F. The van der Waals surface area contributed by atoms with Crippen LogP contribution in [0.25, 0.3) is 0 Å². The smallest absolute Gasteiger partial charge is 0.321 e. The average Bonchev–Trinajstić information content (AvgIpc) is 3.78. The van der Waals surface area contributed by atoms with Crippen molar-refractivity contribution in [3.05, 3.63) is 94.6 Å². The molecule has 1 aliphatic rings. The van der Waals surface area contributed by atoms with Gasteiger partial charge in [0.1, 0.15) is 5.82 Å². The third kappa shape index (κ3) is 6.33. The number of amides is 3. The topological polar surface area (TPSA) is 66.5 Å². The Bertz CT molecular complexity index is 1630. The maximum absolute atomic E-state index is 15.7. The first-order valence-electron chi connectivity index (χ1n) is 12.5. The van der Waals surface area contributed by atoms with Gasteiger partial charge < -0.3 is 5.32 Å². The van der Waals surface area contributed by atoms with Crippen molar-refractivity contribution in [1.29, 1.82) is 0 Å². The summed E-state index contributed by atoms with van der Waals surface area (Å²) < 4.78 is 163. The number of hydrogen-bond donors (Lipinski definition) is 1. The van der Waals surface area contributed by atoms with Gasteiger partial charge >= 0.3 is 24.2 Å². The number of hydrogen-bond acceptors (Lipinski definition) is 3. The second-order valence-corrected chi connectivity index (χ2v) is 9.76. The van der Waals surface area contributed by atoms with Gasteiger partial charge in [-0.25, -0.2) is 18.1 Å². The Morgan fingerprint density at radius 2 is 1.33 bits per heavy atom. The van der Waals surface area contributed by atoms with Crippen molar-refractivity contribution in [1.82, 2.24) is 0 Å². The molecule has 3 aromatic carbocycles. The summed E-state index contributed by atoms with van der Waals surface area (Å²) in [6, 6.07) is 5.03. The minimum atomic E-state index is -6.74. The molecule has 0 aliphatic heterocycles. The van der Waals surface area contributed by atoms with E-state index in [1.165, 1.54) is 5.32 Å². The Labute approximate surface area is 244 Å². The zero-order valence-electron chi connectivity index (χ0n) is 22.0. The van der Waals surface area contributed by atoms with Crippen LogP contribution in [0.3, 0.4) is 0 Å². The molecule has 4 rings (SSSR count). The zero-order chi connectivity index (χ0) is 33.7. The van der Waals surface area contributed by atoms with Crippen LogP contribution in [0.1, 0.15) is 44.7 Å². The monoisotopic (exact) mass is 656 g/mol. The van der Waals surface area contributed by atoms with Crippen molar-refractivity contribution < 1.29 is 67.1 Å². The minimum Gasteiger partial charge on any atom is -0.321 e. The van der Waals surface area contributed by atoms with Gasteiger partial charge in [-0.2, -0.15) is 39.5 Å². The number of alkyl halides is 10. The molecular weight excluding hydrogens is 640 g/mol. The molecule has 3 amide bonds. The van der Waals surface area contributed by atoms with Crippen molar-refractivity contribution in [3.63, 3.8) is 0 Å². The molecule has 1 N–H and O–H groups in total. The number of halogens is 12. The molecule has 0 heterocycles. The third-order valence-electron chi connectivity index (χ3n) is 6.66. The lowest BCUT2D eigenvalue weighted by Gasteiger charge is -2.31. The van der Waals surface area contributed by atoms with E-state index in [1.54, 1.807) is 0 Å². The highest BCUT2D eigenvalue weighted by molar-refractivity contribution is 6.22. The summed E-state index contributed by atoms with van der Waals surface area (Å²) >= 11 is 0. The van der Waals surface area contributed by atoms with Gasteiger partial charge in [-0.15, -0.1) is 0 Å². The van der Waals surface area contributed by atoms with E-state index in [4.69, 9.17) is 0 Å². The van der Waals surface area contributed by atoms with Crippen LogP contribution in [-0.2, 0) is 16.6 Å². The van der Waals surface area contributed by atoms with Crippen LogP contribution in [0.4, 0.5) is 64.1 Å². The fourth-order valence-corrected chi connectivity index (χ4v) is 4.21. The highest BCUT2D eigenvalue weighted by Gasteiger charge is 2.73. The number of carbonyl (C=O) groups excluding carboxylic acids is 3. The molecule has 0 radical (unpaired) electrons. The summed E-state index contributed by atoms with van der Waals surface area (Å²) in [4.78, 5) is 39.4. The molecule has 0 unspecified atom stereocenters. The first-order valence-corrected chi connectivity index (χ1v) is 12.5. The summed E-state index contributed by atoms with van der Waals surface area (Å²) in [5, 5.41) is 1.51. The number of anilines is 2. The van der Waals surface area contributed by atoms with E-state index >= 15 is 4.39 Å². The van der Waals surface area contributed by atoms with Crippen LogP contribution in [-0.4, -0.2) is 30.1 Å². The van der Waals surface area contributed by atoms with E-state index in [1.807, 2.05) is 0 Å². The number of carbonyl (C=O) groups is 3. The number of nitrogens with zero attached hydrogens (tertiary/aromatic N) is 1. The van der Waals surface area contributed by atoms with Crippen molar-refractivity contribution in [2.45, 2.75) is 37.0 Å². The average molecular weight is 656 g/mol. The van der Waals surface area contributed by atoms with Crippen LogP contribution < -0.4 is 10.2 Å². The molecule has 0 bridgehead atoms. The minimum absolute atomic E-state index is 0.0788. The van der Waals surface area contributed by atoms with E-state index in [2.05, 4.69) is 0 Å². The summed E-state index contributed by atoms with van der Waals surface area (Å²) in [6.45, 7) is 0. The Balaban J connectivity index is 1.75. The van der Waals surface area contributed by atoms with Crippen LogP contribution in [0.15, 0.2) is 60.7 Å². The Kier molecular flexibility index (Phi) is 8.45. The molecule has 0 atom stereocenters. The van der Waals surface area contributed by atoms with Crippen molar-refractivity contribution in [2.24, 2.45) is 5.92 Å². The molecule has 1 aliphatic carbocycles. The molecule has 3 aromatic rings. The largest absolute Gasteiger partial charge is 0.435 e. The highest BCUT2D eigenvalue weighted by atomic mass is 19.4. The molecule has 0 aromatic heterocycles. The van der Waals surface area contributed by atoms with E-state index in [9.17, 15) is 62.7 Å². The molecule has 0 spiro atoms. The second-order valence-electron chi connectivity index (χ2n) is 9.76. The zero-order valence-corrected chi connectivity index (χ0v) is 22.0. The predicted molar refractivity (Wildman–Crippen MR) is 132 cm³/mol. The van der Waals surface area contributed by atoms with E-state index < -0.39 is 93.6 Å². The lowest BCUT2D eigenvalue weighted by molar-refractivity contribution is -0.348. The molecule has 1 fully saturated rings. The van der Waals surface area contributed by atoms with Crippen LogP contribution in [0, 0.1) is 17.6 Å². The van der Waals surface area contributed by atoms with Gasteiger partial charge in [0.15, 0.2) is 5.82 Å². The molecular formula is C28H16F12N2O3. The summed E-state index contributed by atoms with van der Waals surface area (Å²) in [6.07, 6.45) is -18.6. The quantitative estimate of drug-likeness (QED) is 0.216. The van der Waals surface area contributed by atoms with Gasteiger partial charge in [0.25, 0.3) is 11.8 Å². The normalized spacial score (nSPS) is 14.2. The molecule has 5 nitrogen and oxygen atoms in total. The highest BCUT2D eigenvalue weighted by Crippen LogP contribution is 2.54. The summed E-state index contributed by atoms with van der Waals surface area (Å²) in [5.74, 6) is -6.91. The van der Waals surface area contributed by atoms with Crippen LogP contribution in [0.2, 0.25) is 0 Å². The lowest BCUT2D eigenvalue weighted by Crippen LogP contribution is -2.50. The molecule has 0 saturated heterocycles. The first kappa shape index (κ1) is 33.3. The van der Waals surface area contributed by atoms with Gasteiger partial charge in [-0.1, -0.05) is 12.1 Å². The predicted octanol–water partition coefficient (Wildman–Crippen LogP) is 8.11. The van der Waals surface area contributed by atoms with Gasteiger partial charge in [0, 0.05) is 17.0 Å². The second kappa shape index (κ2) is 11.4. The van der Waals surface area contributed by atoms with Gasteiger partial charge in [0.05, 0.1) is 22.5 Å². The van der Waals surface area contributed by atoms with Gasteiger partial charge in [-0.05, 0) is 61.4 Å². The van der Waals surface area contributed by atoms with E-state index in [0.29, 0.717) is 23.8 Å². The van der Waals surface area contributed by atoms with Crippen molar-refractivity contribution >= 4 is 29.1 Å². The summed E-state index contributed by atoms with van der Waals surface area (Å²) in [7, 11) is 0. The molecule has 1 saturated carbocycles. The number of nitrogens with one attached hydrogen (secondary N) is 1. The Morgan fingerprint density at radius 1 is 0.756 bits per heavy atom. The third-order valence-corrected chi connectivity index (χ3v) is 6.66. The standard InChI is InChI=1S/C28H16F12N2O3/c29-16-9-6-14(7-10-16)24(45)42(23(44)13-4-5-13)20-3-1-2-17(21(20)30)22(43)41-19-11-8-15(12-18(19)26(32,33)34)25(31,27(35,36)37)28(38,39)40/h1-3,6-13H,4-5H2,(H,41,43). The fraction of sp³-hybridized carbons (Fsp3) is 0.250. The van der Waals surface area contributed by atoms with Gasteiger partial charge in [0.2, 0.25) is 5.91 Å². The Morgan fingerprint density at radius 3 is 1.84 bits per heavy atom.